The molecular weight excluding hydrogens is 254 g/mol. The predicted octanol–water partition coefficient (Wildman–Crippen LogP) is 3.32. The lowest BCUT2D eigenvalue weighted by atomic mass is 9.98. The van der Waals surface area contributed by atoms with Crippen LogP contribution >= 0.6 is 11.3 Å². The van der Waals surface area contributed by atoms with Gasteiger partial charge in [-0.2, -0.15) is 0 Å². The summed E-state index contributed by atoms with van der Waals surface area (Å²) >= 11 is 1.76. The molecule has 1 aromatic heterocycles. The van der Waals surface area contributed by atoms with Crippen LogP contribution in [0.4, 0.5) is 5.69 Å². The molecule has 4 heteroatoms. The molecule has 0 saturated carbocycles. The summed E-state index contributed by atoms with van der Waals surface area (Å²) in [4.78, 5) is 5.61. The minimum Gasteiger partial charge on any atom is -0.399 e. The molecule has 1 aromatic carbocycles. The first-order valence-corrected chi connectivity index (χ1v) is 7.44. The van der Waals surface area contributed by atoms with E-state index in [9.17, 15) is 0 Å². The van der Waals surface area contributed by atoms with Crippen LogP contribution in [0.15, 0.2) is 30.5 Å². The lowest BCUT2D eigenvalue weighted by Gasteiger charge is -2.12. The Labute approximate surface area is 118 Å². The van der Waals surface area contributed by atoms with E-state index in [0.717, 1.165) is 30.2 Å². The number of hydrogen-bond acceptors (Lipinski definition) is 4. The van der Waals surface area contributed by atoms with Crippen molar-refractivity contribution in [1.29, 1.82) is 0 Å². The number of hydrogen-bond donors (Lipinski definition) is 2. The Morgan fingerprint density at radius 1 is 1.32 bits per heavy atom. The van der Waals surface area contributed by atoms with Crippen LogP contribution in [0.5, 0.6) is 0 Å². The number of rotatable bonds is 6. The number of benzene rings is 1. The van der Waals surface area contributed by atoms with Gasteiger partial charge in [-0.15, -0.1) is 11.3 Å². The molecule has 0 spiro atoms. The van der Waals surface area contributed by atoms with Crippen LogP contribution in [0, 0.1) is 6.92 Å². The first-order chi connectivity index (χ1) is 9.15. The number of nitrogens with two attached hydrogens (primary N) is 1. The highest BCUT2D eigenvalue weighted by Gasteiger charge is 2.05. The summed E-state index contributed by atoms with van der Waals surface area (Å²) in [6.07, 6.45) is 3.05. The summed E-state index contributed by atoms with van der Waals surface area (Å²) in [6, 6.07) is 8.17. The summed E-state index contributed by atoms with van der Waals surface area (Å²) in [5.74, 6) is 0.547. The Hall–Kier alpha value is -1.39. The number of aryl methyl sites for hydroxylation is 1. The van der Waals surface area contributed by atoms with Crippen LogP contribution in [0.1, 0.15) is 34.7 Å². The van der Waals surface area contributed by atoms with E-state index in [0.29, 0.717) is 5.92 Å². The van der Waals surface area contributed by atoms with Gasteiger partial charge in [0.1, 0.15) is 5.01 Å². The SMILES string of the molecule is Cc1cnc(CNCCC(C)c2ccc(N)cc2)s1. The molecule has 0 bridgehead atoms. The number of aromatic nitrogens is 1. The third-order valence-electron chi connectivity index (χ3n) is 3.21. The number of nitrogen functional groups attached to an aromatic ring is 1. The van der Waals surface area contributed by atoms with Gasteiger partial charge in [-0.1, -0.05) is 19.1 Å². The number of thiazole rings is 1. The Kier molecular flexibility index (Phi) is 4.93. The normalized spacial score (nSPS) is 12.5. The van der Waals surface area contributed by atoms with Crippen LogP contribution in [0.25, 0.3) is 0 Å². The van der Waals surface area contributed by atoms with Crippen molar-refractivity contribution < 1.29 is 0 Å². The smallest absolute Gasteiger partial charge is 0.107 e. The second-order valence-electron chi connectivity index (χ2n) is 4.90. The Morgan fingerprint density at radius 3 is 2.68 bits per heavy atom. The molecule has 2 aromatic rings. The van der Waals surface area contributed by atoms with Gasteiger partial charge >= 0.3 is 0 Å². The summed E-state index contributed by atoms with van der Waals surface area (Å²) in [7, 11) is 0. The largest absolute Gasteiger partial charge is 0.399 e. The third kappa shape index (κ3) is 4.33. The van der Waals surface area contributed by atoms with E-state index in [1.807, 2.05) is 18.3 Å². The van der Waals surface area contributed by atoms with Crippen LogP contribution in [-0.2, 0) is 6.54 Å². The number of nitrogens with one attached hydrogen (secondary N) is 1. The molecule has 0 aliphatic heterocycles. The van der Waals surface area contributed by atoms with Crippen molar-refractivity contribution in [2.45, 2.75) is 32.7 Å². The van der Waals surface area contributed by atoms with Crippen LogP contribution in [-0.4, -0.2) is 11.5 Å². The predicted molar refractivity (Wildman–Crippen MR) is 82.4 cm³/mol. The van der Waals surface area contributed by atoms with E-state index in [1.54, 1.807) is 11.3 Å². The lowest BCUT2D eigenvalue weighted by Crippen LogP contribution is -2.16. The van der Waals surface area contributed by atoms with Gasteiger partial charge in [-0.05, 0) is 43.5 Å². The highest BCUT2D eigenvalue weighted by molar-refractivity contribution is 7.11. The van der Waals surface area contributed by atoms with Gasteiger partial charge in [0, 0.05) is 23.3 Å². The van der Waals surface area contributed by atoms with Crippen molar-refractivity contribution in [3.63, 3.8) is 0 Å². The van der Waals surface area contributed by atoms with Gasteiger partial charge in [-0.25, -0.2) is 4.98 Å². The molecule has 3 N–H and O–H groups in total. The molecule has 0 amide bonds. The minimum atomic E-state index is 0.547. The van der Waals surface area contributed by atoms with Crippen LogP contribution in [0.3, 0.4) is 0 Å². The molecule has 0 aliphatic carbocycles. The van der Waals surface area contributed by atoms with Gasteiger partial charge in [-0.3, -0.25) is 0 Å². The van der Waals surface area contributed by atoms with E-state index in [-0.39, 0.29) is 0 Å². The average Bonchev–Trinajstić information content (AvgIpc) is 2.81. The van der Waals surface area contributed by atoms with Gasteiger partial charge in [0.05, 0.1) is 0 Å². The number of nitrogens with zero attached hydrogens (tertiary/aromatic N) is 1. The van der Waals surface area contributed by atoms with Crippen molar-refractivity contribution in [1.82, 2.24) is 10.3 Å². The van der Waals surface area contributed by atoms with Crippen LogP contribution < -0.4 is 11.1 Å². The topological polar surface area (TPSA) is 50.9 Å². The Bertz CT molecular complexity index is 504. The van der Waals surface area contributed by atoms with Crippen molar-refractivity contribution in [3.8, 4) is 0 Å². The first kappa shape index (κ1) is 14.0. The molecule has 3 nitrogen and oxygen atoms in total. The van der Waals surface area contributed by atoms with Gasteiger partial charge in [0.2, 0.25) is 0 Å². The van der Waals surface area contributed by atoms with Crippen LogP contribution in [0.2, 0.25) is 0 Å². The van der Waals surface area contributed by atoms with Crippen molar-refractivity contribution in [2.24, 2.45) is 0 Å². The molecular formula is C15H21N3S. The summed E-state index contributed by atoms with van der Waals surface area (Å²) < 4.78 is 0. The highest BCUT2D eigenvalue weighted by atomic mass is 32.1. The zero-order valence-electron chi connectivity index (χ0n) is 11.5. The minimum absolute atomic E-state index is 0.547. The standard InChI is InChI=1S/C15H21N3S/c1-11(13-3-5-14(16)6-4-13)7-8-17-10-15-18-9-12(2)19-15/h3-6,9,11,17H,7-8,10,16H2,1-2H3. The first-order valence-electron chi connectivity index (χ1n) is 6.62. The van der Waals surface area contributed by atoms with E-state index in [2.05, 4.69) is 36.3 Å². The lowest BCUT2D eigenvalue weighted by molar-refractivity contribution is 0.593. The maximum atomic E-state index is 5.70. The quantitative estimate of drug-likeness (QED) is 0.628. The fraction of sp³-hybridized carbons (Fsp3) is 0.400. The Balaban J connectivity index is 1.72. The van der Waals surface area contributed by atoms with Crippen molar-refractivity contribution >= 4 is 17.0 Å². The molecule has 1 unspecified atom stereocenters. The molecule has 19 heavy (non-hydrogen) atoms. The summed E-state index contributed by atoms with van der Waals surface area (Å²) in [5, 5.41) is 4.61. The molecule has 0 aliphatic rings. The van der Waals surface area contributed by atoms with Gasteiger partial charge < -0.3 is 11.1 Å². The molecule has 0 radical (unpaired) electrons. The maximum Gasteiger partial charge on any atom is 0.107 e. The monoisotopic (exact) mass is 275 g/mol. The zero-order chi connectivity index (χ0) is 13.7. The van der Waals surface area contributed by atoms with Gasteiger partial charge in [0.25, 0.3) is 0 Å². The van der Waals surface area contributed by atoms with Gasteiger partial charge in [0.15, 0.2) is 0 Å². The molecule has 2 rings (SSSR count). The number of anilines is 1. The second-order valence-corrected chi connectivity index (χ2v) is 6.22. The average molecular weight is 275 g/mol. The fourth-order valence-electron chi connectivity index (χ4n) is 1.99. The molecule has 0 saturated heterocycles. The van der Waals surface area contributed by atoms with Crippen molar-refractivity contribution in [3.05, 3.63) is 45.9 Å². The zero-order valence-corrected chi connectivity index (χ0v) is 12.3. The summed E-state index contributed by atoms with van der Waals surface area (Å²) in [5.41, 5.74) is 7.87. The fourth-order valence-corrected chi connectivity index (χ4v) is 2.74. The maximum absolute atomic E-state index is 5.70. The van der Waals surface area contributed by atoms with E-state index in [1.165, 1.54) is 10.4 Å². The third-order valence-corrected chi connectivity index (χ3v) is 4.12. The highest BCUT2D eigenvalue weighted by Crippen LogP contribution is 2.19. The molecule has 102 valence electrons. The van der Waals surface area contributed by atoms with E-state index >= 15 is 0 Å². The molecule has 1 heterocycles. The Morgan fingerprint density at radius 2 is 2.05 bits per heavy atom. The molecule has 0 fully saturated rings. The van der Waals surface area contributed by atoms with E-state index in [4.69, 9.17) is 5.73 Å². The van der Waals surface area contributed by atoms with E-state index < -0.39 is 0 Å². The summed E-state index contributed by atoms with van der Waals surface area (Å²) in [6.45, 7) is 6.21. The van der Waals surface area contributed by atoms with Crippen molar-refractivity contribution in [2.75, 3.05) is 12.3 Å². The second kappa shape index (κ2) is 6.68. The molecule has 1 atom stereocenters.